The minimum absolute atomic E-state index is 0.0329. The number of aromatic nitrogens is 4. The van der Waals surface area contributed by atoms with E-state index in [-0.39, 0.29) is 48.8 Å². The van der Waals surface area contributed by atoms with E-state index >= 15 is 0 Å². The van der Waals surface area contributed by atoms with Crippen LogP contribution < -0.4 is 14.5 Å². The van der Waals surface area contributed by atoms with Crippen LogP contribution in [0.25, 0.3) is 11.2 Å². The molecule has 0 saturated carbocycles. The highest BCUT2D eigenvalue weighted by atomic mass is 31.2. The van der Waals surface area contributed by atoms with Crippen molar-refractivity contribution >= 4 is 45.9 Å². The van der Waals surface area contributed by atoms with Crippen LogP contribution in [0.5, 0.6) is 5.88 Å². The molecule has 2 aromatic heterocycles. The van der Waals surface area contributed by atoms with E-state index in [1.54, 1.807) is 55.4 Å². The number of carbonyl (C=O) groups excluding carboxylic acids is 2. The highest BCUT2D eigenvalue weighted by molar-refractivity contribution is 7.53. The van der Waals surface area contributed by atoms with Crippen LogP contribution in [0.1, 0.15) is 82.6 Å². The number of imidazole rings is 1. The lowest BCUT2D eigenvalue weighted by atomic mass is 9.85. The quantitative estimate of drug-likeness (QED) is 0.152. The van der Waals surface area contributed by atoms with E-state index in [9.17, 15) is 14.2 Å². The molecule has 2 rings (SSSR count). The minimum atomic E-state index is -3.44. The molecule has 0 aliphatic rings. The number of rotatable bonds is 14. The smallest absolute Gasteiger partial charge is 0.427 e. The van der Waals surface area contributed by atoms with Gasteiger partial charge in [0.2, 0.25) is 26.5 Å². The Kier molecular flexibility index (Phi) is 13.8. The Bertz CT molecular complexity index is 1360. The van der Waals surface area contributed by atoms with Gasteiger partial charge in [0.25, 0.3) is 0 Å². The number of fused-ring (bicyclic) bond motifs is 1. The Morgan fingerprint density at radius 3 is 1.89 bits per heavy atom. The SMILES string of the molecule is CCOP(=O)(CCC(On1cnc2c(OC)nc(N(C(=O)OC(C)(C)C)C(=O)OC(C)(C)C)nc21)C(O[Si](C)C)C(C)(C)C)OCC. The van der Waals surface area contributed by atoms with E-state index < -0.39 is 57.6 Å². The number of ether oxygens (including phenoxy) is 3. The second kappa shape index (κ2) is 16.1. The van der Waals surface area contributed by atoms with Crippen molar-refractivity contribution in [2.45, 2.75) is 119 Å². The Labute approximate surface area is 280 Å². The monoisotopic (exact) mass is 702 g/mol. The summed E-state index contributed by atoms with van der Waals surface area (Å²) in [5.41, 5.74) is -2.04. The molecule has 267 valence electrons. The Morgan fingerprint density at radius 1 is 0.936 bits per heavy atom. The van der Waals surface area contributed by atoms with Gasteiger partial charge in [-0.25, -0.2) is 14.6 Å². The van der Waals surface area contributed by atoms with E-state index in [1.165, 1.54) is 18.2 Å². The maximum atomic E-state index is 13.5. The zero-order valence-corrected chi connectivity index (χ0v) is 32.2. The van der Waals surface area contributed by atoms with E-state index in [0.717, 1.165) is 0 Å². The van der Waals surface area contributed by atoms with E-state index in [1.807, 2.05) is 33.9 Å². The maximum absolute atomic E-state index is 13.5. The van der Waals surface area contributed by atoms with Crippen LogP contribution in [0.3, 0.4) is 0 Å². The number of anilines is 1. The Balaban J connectivity index is 2.74. The van der Waals surface area contributed by atoms with Crippen LogP contribution >= 0.6 is 7.60 Å². The first-order valence-corrected chi connectivity index (χ1v) is 19.7. The fourth-order valence-corrected chi connectivity index (χ4v) is 7.03. The molecule has 0 fully saturated rings. The zero-order chi connectivity index (χ0) is 36.0. The van der Waals surface area contributed by atoms with Crippen molar-refractivity contribution in [3.63, 3.8) is 0 Å². The summed E-state index contributed by atoms with van der Waals surface area (Å²) >= 11 is 0. The van der Waals surface area contributed by atoms with Gasteiger partial charge >= 0.3 is 19.8 Å². The lowest BCUT2D eigenvalue weighted by Crippen LogP contribution is -2.48. The van der Waals surface area contributed by atoms with Gasteiger partial charge in [-0.2, -0.15) is 14.7 Å². The summed E-state index contributed by atoms with van der Waals surface area (Å²) in [4.78, 5) is 47.1. The predicted molar refractivity (Wildman–Crippen MR) is 179 cm³/mol. The topological polar surface area (TPSA) is 163 Å². The van der Waals surface area contributed by atoms with Gasteiger partial charge < -0.3 is 32.5 Å². The van der Waals surface area contributed by atoms with Gasteiger partial charge in [-0.1, -0.05) is 20.8 Å². The zero-order valence-electron chi connectivity index (χ0n) is 30.3. The van der Waals surface area contributed by atoms with Gasteiger partial charge in [0.05, 0.1) is 32.6 Å². The van der Waals surface area contributed by atoms with Crippen LogP contribution in [0.2, 0.25) is 13.1 Å². The molecule has 0 bridgehead atoms. The number of nitrogens with zero attached hydrogens (tertiary/aromatic N) is 5. The average molecular weight is 703 g/mol. The molecule has 0 saturated heterocycles. The number of hydrogen-bond acceptors (Lipinski definition) is 13. The van der Waals surface area contributed by atoms with Crippen molar-refractivity contribution in [1.29, 1.82) is 0 Å². The Morgan fingerprint density at radius 2 is 1.47 bits per heavy atom. The summed E-state index contributed by atoms with van der Waals surface area (Å²) in [6.45, 7) is 24.0. The van der Waals surface area contributed by atoms with Gasteiger partial charge in [-0.3, -0.25) is 4.57 Å². The standard InChI is InChI=1S/C30H53N5O10PSi/c1-15-40-46(38,41-16-2)18-17-20(22(28(3,4)5)45-47(13)14)44-34-19-31-21-23(34)32-25(33-24(21)39-12)35(26(36)42-29(6,7)8)27(37)43-30(9,10)11/h19-20,22H,15-18H2,1-14H3. The molecule has 2 atom stereocenters. The summed E-state index contributed by atoms with van der Waals surface area (Å²) < 4.78 is 48.9. The van der Waals surface area contributed by atoms with Crippen LogP contribution in [0.15, 0.2) is 6.33 Å². The van der Waals surface area contributed by atoms with Crippen molar-refractivity contribution < 1.29 is 46.7 Å². The third-order valence-electron chi connectivity index (χ3n) is 6.01. The first-order valence-electron chi connectivity index (χ1n) is 15.6. The van der Waals surface area contributed by atoms with Crippen LogP contribution in [-0.4, -0.2) is 90.8 Å². The van der Waals surface area contributed by atoms with Gasteiger partial charge in [0.1, 0.15) is 17.5 Å². The van der Waals surface area contributed by atoms with Gasteiger partial charge in [-0.05, 0) is 73.9 Å². The van der Waals surface area contributed by atoms with E-state index in [4.69, 9.17) is 32.5 Å². The lowest BCUT2D eigenvalue weighted by Gasteiger charge is -2.38. The van der Waals surface area contributed by atoms with Crippen LogP contribution in [-0.2, 0) is 27.5 Å². The van der Waals surface area contributed by atoms with Crippen molar-refractivity contribution in [3.8, 4) is 5.88 Å². The van der Waals surface area contributed by atoms with Crippen molar-refractivity contribution in [2.75, 3.05) is 31.4 Å². The third kappa shape index (κ3) is 12.0. The molecule has 2 aromatic rings. The van der Waals surface area contributed by atoms with Gasteiger partial charge in [0, 0.05) is 6.42 Å². The molecule has 0 aliphatic heterocycles. The summed E-state index contributed by atoms with van der Waals surface area (Å²) in [6.07, 6.45) is -1.61. The molecular formula is C30H53N5O10PSi. The highest BCUT2D eigenvalue weighted by Crippen LogP contribution is 2.49. The first kappa shape index (κ1) is 40.4. The van der Waals surface area contributed by atoms with Crippen LogP contribution in [0, 0.1) is 5.41 Å². The molecule has 2 heterocycles. The average Bonchev–Trinajstić information content (AvgIpc) is 3.29. The fraction of sp³-hybridized carbons (Fsp3) is 0.767. The van der Waals surface area contributed by atoms with E-state index in [2.05, 4.69) is 15.0 Å². The maximum Gasteiger partial charge on any atom is 0.427 e. The van der Waals surface area contributed by atoms with Gasteiger partial charge in [-0.15, -0.1) is 4.90 Å². The summed E-state index contributed by atoms with van der Waals surface area (Å²) in [5.74, 6) is -0.414. The molecule has 0 spiro atoms. The second-order valence-corrected chi connectivity index (χ2v) is 18.2. The summed E-state index contributed by atoms with van der Waals surface area (Å²) in [6, 6.07) is 0. The Hall–Kier alpha value is -2.78. The summed E-state index contributed by atoms with van der Waals surface area (Å²) in [5, 5.41) is 0. The number of imide groups is 1. The number of carbonyl (C=O) groups is 2. The molecule has 15 nitrogen and oxygen atoms in total. The number of amides is 2. The normalized spacial score (nSPS) is 14.2. The molecule has 0 aliphatic carbocycles. The van der Waals surface area contributed by atoms with Crippen molar-refractivity contribution in [3.05, 3.63) is 6.33 Å². The molecule has 2 amide bonds. The molecule has 0 aromatic carbocycles. The number of methoxy groups -OCH3 is 1. The second-order valence-electron chi connectivity index (χ2n) is 14.0. The fourth-order valence-electron chi connectivity index (χ4n) is 4.33. The highest BCUT2D eigenvalue weighted by Gasteiger charge is 2.39. The molecule has 1 radical (unpaired) electrons. The molecule has 2 unspecified atom stereocenters. The molecule has 47 heavy (non-hydrogen) atoms. The van der Waals surface area contributed by atoms with Gasteiger partial charge in [0.15, 0.2) is 11.6 Å². The molecular weight excluding hydrogens is 649 g/mol. The van der Waals surface area contributed by atoms with Crippen LogP contribution in [0.4, 0.5) is 15.5 Å². The molecule has 0 N–H and O–H groups in total. The summed E-state index contributed by atoms with van der Waals surface area (Å²) in [7, 11) is -3.29. The third-order valence-corrected chi connectivity index (χ3v) is 8.84. The molecule has 17 heteroatoms. The first-order chi connectivity index (χ1) is 21.5. The largest absolute Gasteiger partial charge is 0.479 e. The predicted octanol–water partition coefficient (Wildman–Crippen LogP) is 6.65. The van der Waals surface area contributed by atoms with Crippen molar-refractivity contribution in [1.82, 2.24) is 19.7 Å². The number of hydrogen-bond donors (Lipinski definition) is 0. The lowest BCUT2D eigenvalue weighted by molar-refractivity contribution is -0.0733. The van der Waals surface area contributed by atoms with E-state index in [0.29, 0.717) is 4.90 Å². The van der Waals surface area contributed by atoms with Crippen molar-refractivity contribution in [2.24, 2.45) is 5.41 Å². The minimum Gasteiger partial charge on any atom is -0.479 e.